The predicted octanol–water partition coefficient (Wildman–Crippen LogP) is 2.38. The Morgan fingerprint density at radius 1 is 1.39 bits per heavy atom. The first-order valence-corrected chi connectivity index (χ1v) is 7.13. The van der Waals surface area contributed by atoms with E-state index in [1.54, 1.807) is 6.07 Å². The van der Waals surface area contributed by atoms with Gasteiger partial charge in [0.2, 0.25) is 5.95 Å². The number of nitriles is 1. The fourth-order valence-corrected chi connectivity index (χ4v) is 3.07. The van der Waals surface area contributed by atoms with Gasteiger partial charge in [0.05, 0.1) is 0 Å². The highest BCUT2D eigenvalue weighted by atomic mass is 32.2. The van der Waals surface area contributed by atoms with Crippen molar-refractivity contribution in [2.45, 2.75) is 31.9 Å². The van der Waals surface area contributed by atoms with Crippen LogP contribution in [0.25, 0.3) is 0 Å². The number of nitrogens with zero attached hydrogens (tertiary/aromatic N) is 4. The van der Waals surface area contributed by atoms with E-state index in [1.165, 1.54) is 0 Å². The lowest BCUT2D eigenvalue weighted by atomic mass is 10.1. The van der Waals surface area contributed by atoms with Gasteiger partial charge < -0.3 is 4.90 Å². The van der Waals surface area contributed by atoms with Crippen LogP contribution in [0.15, 0.2) is 6.07 Å². The average molecular weight is 262 g/mol. The molecule has 0 aromatic carbocycles. The maximum Gasteiger partial charge on any atom is 0.226 e. The Bertz CT molecular complexity index is 478. The largest absolute Gasteiger partial charge is 0.340 e. The second kappa shape index (κ2) is 5.15. The molecule has 0 bridgehead atoms. The Morgan fingerprint density at radius 3 is 2.89 bits per heavy atom. The lowest BCUT2D eigenvalue weighted by Crippen LogP contribution is -2.29. The summed E-state index contributed by atoms with van der Waals surface area (Å²) < 4.78 is 0.316. The normalized spacial score (nSPS) is 19.1. The Balaban J connectivity index is 2.21. The number of hydrogen-bond donors (Lipinski definition) is 0. The van der Waals surface area contributed by atoms with Gasteiger partial charge in [0, 0.05) is 29.3 Å². The van der Waals surface area contributed by atoms with Gasteiger partial charge in [0.15, 0.2) is 0 Å². The van der Waals surface area contributed by atoms with Gasteiger partial charge in [-0.15, -0.1) is 0 Å². The van der Waals surface area contributed by atoms with Crippen molar-refractivity contribution in [3.05, 3.63) is 17.5 Å². The highest BCUT2D eigenvalue weighted by molar-refractivity contribution is 8.00. The van der Waals surface area contributed by atoms with Gasteiger partial charge in [-0.05, 0) is 19.4 Å². The van der Waals surface area contributed by atoms with Crippen LogP contribution in [-0.4, -0.2) is 33.6 Å². The van der Waals surface area contributed by atoms with Crippen LogP contribution < -0.4 is 4.90 Å². The second-order valence-corrected chi connectivity index (χ2v) is 6.95. The Morgan fingerprint density at radius 2 is 2.17 bits per heavy atom. The lowest BCUT2D eigenvalue weighted by molar-refractivity contribution is 0.631. The van der Waals surface area contributed by atoms with Crippen LogP contribution in [0.5, 0.6) is 0 Å². The molecule has 1 fully saturated rings. The molecule has 1 aliphatic heterocycles. The van der Waals surface area contributed by atoms with Gasteiger partial charge in [-0.2, -0.15) is 17.0 Å². The van der Waals surface area contributed by atoms with Crippen LogP contribution in [0.2, 0.25) is 0 Å². The van der Waals surface area contributed by atoms with E-state index in [1.807, 2.05) is 18.7 Å². The molecule has 2 rings (SSSR count). The first kappa shape index (κ1) is 13.2. The first-order valence-electron chi connectivity index (χ1n) is 6.15. The summed E-state index contributed by atoms with van der Waals surface area (Å²) in [5, 5.41) is 8.96. The van der Waals surface area contributed by atoms with E-state index < -0.39 is 0 Å². The topological polar surface area (TPSA) is 52.8 Å². The molecule has 1 aromatic rings. The SMILES string of the molecule is Cc1cc(C#N)nc(N2CCSC(C)(C)CC2)n1. The Kier molecular flexibility index (Phi) is 3.76. The van der Waals surface area contributed by atoms with Crippen molar-refractivity contribution in [2.75, 3.05) is 23.7 Å². The third-order valence-corrected chi connectivity index (χ3v) is 4.45. The lowest BCUT2D eigenvalue weighted by Gasteiger charge is -2.22. The summed E-state index contributed by atoms with van der Waals surface area (Å²) in [6.45, 7) is 8.36. The van der Waals surface area contributed by atoms with Crippen LogP contribution in [-0.2, 0) is 0 Å². The van der Waals surface area contributed by atoms with E-state index in [4.69, 9.17) is 5.26 Å². The van der Waals surface area contributed by atoms with Crippen LogP contribution in [0.4, 0.5) is 5.95 Å². The molecule has 0 unspecified atom stereocenters. The number of anilines is 1. The monoisotopic (exact) mass is 262 g/mol. The summed E-state index contributed by atoms with van der Waals surface area (Å²) in [6.07, 6.45) is 1.11. The summed E-state index contributed by atoms with van der Waals surface area (Å²) in [5.74, 6) is 1.77. The van der Waals surface area contributed by atoms with Gasteiger partial charge in [0.1, 0.15) is 11.8 Å². The summed E-state index contributed by atoms with van der Waals surface area (Å²) in [7, 11) is 0. The molecule has 0 amide bonds. The molecule has 0 radical (unpaired) electrons. The fourth-order valence-electron chi connectivity index (χ4n) is 1.97. The highest BCUT2D eigenvalue weighted by Crippen LogP contribution is 2.31. The third-order valence-electron chi connectivity index (χ3n) is 3.08. The zero-order chi connectivity index (χ0) is 13.2. The van der Waals surface area contributed by atoms with Crippen molar-refractivity contribution in [1.82, 2.24) is 9.97 Å². The van der Waals surface area contributed by atoms with Gasteiger partial charge >= 0.3 is 0 Å². The van der Waals surface area contributed by atoms with Crippen molar-refractivity contribution in [3.63, 3.8) is 0 Å². The van der Waals surface area contributed by atoms with Crippen molar-refractivity contribution >= 4 is 17.7 Å². The van der Waals surface area contributed by atoms with Crippen LogP contribution in [0.3, 0.4) is 0 Å². The molecule has 0 saturated carbocycles. The number of aromatic nitrogens is 2. The van der Waals surface area contributed by atoms with Crippen molar-refractivity contribution in [2.24, 2.45) is 0 Å². The molecule has 0 spiro atoms. The predicted molar refractivity (Wildman–Crippen MR) is 74.9 cm³/mol. The zero-order valence-corrected chi connectivity index (χ0v) is 11.9. The molecule has 1 aliphatic rings. The summed E-state index contributed by atoms with van der Waals surface area (Å²) in [6, 6.07) is 3.82. The first-order chi connectivity index (χ1) is 8.50. The standard InChI is InChI=1S/C13H18N4S/c1-10-8-11(9-14)16-12(15-10)17-5-4-13(2,3)18-7-6-17/h8H,4-7H2,1-3H3. The Labute approximate surface area is 112 Å². The molecule has 4 nitrogen and oxygen atoms in total. The molecule has 0 aliphatic carbocycles. The quantitative estimate of drug-likeness (QED) is 0.777. The maximum absolute atomic E-state index is 8.96. The van der Waals surface area contributed by atoms with Crippen LogP contribution in [0, 0.1) is 18.3 Å². The fraction of sp³-hybridized carbons (Fsp3) is 0.615. The van der Waals surface area contributed by atoms with Crippen molar-refractivity contribution in [3.8, 4) is 6.07 Å². The molecular formula is C13H18N4S. The third kappa shape index (κ3) is 3.14. The maximum atomic E-state index is 8.96. The highest BCUT2D eigenvalue weighted by Gasteiger charge is 2.24. The van der Waals surface area contributed by atoms with E-state index >= 15 is 0 Å². The molecule has 1 saturated heterocycles. The summed E-state index contributed by atoms with van der Waals surface area (Å²) in [4.78, 5) is 10.9. The average Bonchev–Trinajstić information content (AvgIpc) is 2.49. The van der Waals surface area contributed by atoms with E-state index in [-0.39, 0.29) is 0 Å². The minimum atomic E-state index is 0.316. The second-order valence-electron chi connectivity index (χ2n) is 5.15. The van der Waals surface area contributed by atoms with Crippen LogP contribution in [0.1, 0.15) is 31.7 Å². The molecular weight excluding hydrogens is 244 g/mol. The number of hydrogen-bond acceptors (Lipinski definition) is 5. The summed E-state index contributed by atoms with van der Waals surface area (Å²) in [5.41, 5.74) is 1.31. The summed E-state index contributed by atoms with van der Waals surface area (Å²) >= 11 is 1.99. The molecule has 1 aromatic heterocycles. The van der Waals surface area contributed by atoms with E-state index in [2.05, 4.69) is 34.8 Å². The number of thioether (sulfide) groups is 1. The van der Waals surface area contributed by atoms with E-state index in [0.29, 0.717) is 16.4 Å². The minimum Gasteiger partial charge on any atom is -0.340 e. The van der Waals surface area contributed by atoms with Crippen molar-refractivity contribution in [1.29, 1.82) is 5.26 Å². The molecule has 96 valence electrons. The molecule has 0 N–H and O–H groups in total. The van der Waals surface area contributed by atoms with Gasteiger partial charge in [0.25, 0.3) is 0 Å². The molecule has 0 atom stereocenters. The van der Waals surface area contributed by atoms with Crippen molar-refractivity contribution < 1.29 is 0 Å². The smallest absolute Gasteiger partial charge is 0.226 e. The Hall–Kier alpha value is -1.28. The molecule has 2 heterocycles. The van der Waals surface area contributed by atoms with E-state index in [9.17, 15) is 0 Å². The molecule has 18 heavy (non-hydrogen) atoms. The van der Waals surface area contributed by atoms with Gasteiger partial charge in [-0.3, -0.25) is 0 Å². The minimum absolute atomic E-state index is 0.316. The van der Waals surface area contributed by atoms with Crippen LogP contribution >= 0.6 is 11.8 Å². The number of aryl methyl sites for hydroxylation is 1. The van der Waals surface area contributed by atoms with E-state index in [0.717, 1.165) is 31.0 Å². The zero-order valence-electron chi connectivity index (χ0n) is 11.1. The van der Waals surface area contributed by atoms with Gasteiger partial charge in [-0.25, -0.2) is 9.97 Å². The van der Waals surface area contributed by atoms with Gasteiger partial charge in [-0.1, -0.05) is 13.8 Å². The molecule has 5 heteroatoms. The number of rotatable bonds is 1.